The second-order valence-corrected chi connectivity index (χ2v) is 7.87. The molecule has 0 spiro atoms. The third kappa shape index (κ3) is 4.75. The van der Waals surface area contributed by atoms with Gasteiger partial charge in [0, 0.05) is 25.0 Å². The minimum atomic E-state index is -2.84. The van der Waals surface area contributed by atoms with E-state index < -0.39 is 8.80 Å². The van der Waals surface area contributed by atoms with Crippen molar-refractivity contribution in [3.05, 3.63) is 65.7 Å². The van der Waals surface area contributed by atoms with E-state index in [1.165, 1.54) is 11.1 Å². The van der Waals surface area contributed by atoms with Crippen LogP contribution in [0.4, 0.5) is 0 Å². The highest BCUT2D eigenvalue weighted by atomic mass is 28.4. The molecule has 4 heteroatoms. The standard InChI is InChI=1S/C19H26O3Si/c1-4-20-23(21-5-2,19-13-7-6-8-14-19)22-16-15-18-12-10-9-11-17(18)3/h6-14H,4-5,15-16H2,1-3H3. The van der Waals surface area contributed by atoms with E-state index in [1.807, 2.05) is 44.2 Å². The van der Waals surface area contributed by atoms with Gasteiger partial charge in [0.1, 0.15) is 0 Å². The average molecular weight is 330 g/mol. The summed E-state index contributed by atoms with van der Waals surface area (Å²) in [6.45, 7) is 7.83. The van der Waals surface area contributed by atoms with Crippen LogP contribution in [-0.4, -0.2) is 28.6 Å². The predicted octanol–water partition coefficient (Wildman–Crippen LogP) is 3.47. The molecule has 23 heavy (non-hydrogen) atoms. The second-order valence-electron chi connectivity index (χ2n) is 5.31. The summed E-state index contributed by atoms with van der Waals surface area (Å²) in [6, 6.07) is 18.5. The Kier molecular flexibility index (Phi) is 6.99. The lowest BCUT2D eigenvalue weighted by molar-refractivity contribution is 0.0823. The molecule has 124 valence electrons. The number of aryl methyl sites for hydroxylation is 1. The quantitative estimate of drug-likeness (QED) is 0.659. The maximum atomic E-state index is 6.25. The first-order valence-electron chi connectivity index (χ1n) is 8.23. The van der Waals surface area contributed by atoms with Crippen molar-refractivity contribution < 1.29 is 13.3 Å². The Bertz CT molecular complexity index is 580. The molecule has 0 amide bonds. The maximum Gasteiger partial charge on any atom is 0.537 e. The lowest BCUT2D eigenvalue weighted by atomic mass is 10.1. The summed E-state index contributed by atoms with van der Waals surface area (Å²) in [4.78, 5) is 0. The van der Waals surface area contributed by atoms with Crippen LogP contribution in [0.15, 0.2) is 54.6 Å². The van der Waals surface area contributed by atoms with Gasteiger partial charge < -0.3 is 13.3 Å². The summed E-state index contributed by atoms with van der Waals surface area (Å²) in [7, 11) is -2.84. The molecule has 0 saturated carbocycles. The fourth-order valence-electron chi connectivity index (χ4n) is 2.58. The number of hydrogen-bond donors (Lipinski definition) is 0. The minimum absolute atomic E-state index is 0.575. The van der Waals surface area contributed by atoms with Gasteiger partial charge >= 0.3 is 8.80 Å². The summed E-state index contributed by atoms with van der Waals surface area (Å²) in [5.41, 5.74) is 2.59. The predicted molar refractivity (Wildman–Crippen MR) is 95.9 cm³/mol. The molecule has 0 saturated heterocycles. The molecule has 2 aromatic rings. The van der Waals surface area contributed by atoms with Crippen molar-refractivity contribution in [1.82, 2.24) is 0 Å². The van der Waals surface area contributed by atoms with Crippen LogP contribution in [0.1, 0.15) is 25.0 Å². The van der Waals surface area contributed by atoms with Crippen LogP contribution < -0.4 is 5.19 Å². The van der Waals surface area contributed by atoms with E-state index in [-0.39, 0.29) is 0 Å². The van der Waals surface area contributed by atoms with Crippen LogP contribution in [0.25, 0.3) is 0 Å². The molecule has 0 aromatic heterocycles. The largest absolute Gasteiger partial charge is 0.537 e. The van der Waals surface area contributed by atoms with Gasteiger partial charge in [0.05, 0.1) is 0 Å². The van der Waals surface area contributed by atoms with Crippen molar-refractivity contribution in [3.8, 4) is 0 Å². The molecule has 0 bridgehead atoms. The summed E-state index contributed by atoms with van der Waals surface area (Å²) < 4.78 is 18.3. The van der Waals surface area contributed by atoms with Crippen molar-refractivity contribution in [2.24, 2.45) is 0 Å². The molecular formula is C19H26O3Si. The molecular weight excluding hydrogens is 304 g/mol. The molecule has 0 fully saturated rings. The smallest absolute Gasteiger partial charge is 0.370 e. The van der Waals surface area contributed by atoms with E-state index in [9.17, 15) is 0 Å². The van der Waals surface area contributed by atoms with Gasteiger partial charge in [0.2, 0.25) is 0 Å². The first-order valence-corrected chi connectivity index (χ1v) is 9.96. The van der Waals surface area contributed by atoms with Crippen molar-refractivity contribution in [2.45, 2.75) is 27.2 Å². The second kappa shape index (κ2) is 8.98. The van der Waals surface area contributed by atoms with Crippen molar-refractivity contribution in [2.75, 3.05) is 19.8 Å². The summed E-state index contributed by atoms with van der Waals surface area (Å²) in [5.74, 6) is 0. The molecule has 0 unspecified atom stereocenters. The fourth-order valence-corrected chi connectivity index (χ4v) is 5.06. The Balaban J connectivity index is 2.13. The van der Waals surface area contributed by atoms with Gasteiger partial charge in [-0.25, -0.2) is 0 Å². The first kappa shape index (κ1) is 17.9. The van der Waals surface area contributed by atoms with Gasteiger partial charge in [-0.05, 0) is 38.3 Å². The average Bonchev–Trinajstić information content (AvgIpc) is 2.58. The fraction of sp³-hybridized carbons (Fsp3) is 0.368. The molecule has 0 heterocycles. The monoisotopic (exact) mass is 330 g/mol. The van der Waals surface area contributed by atoms with Gasteiger partial charge in [0.15, 0.2) is 0 Å². The highest BCUT2D eigenvalue weighted by Gasteiger charge is 2.43. The van der Waals surface area contributed by atoms with E-state index in [2.05, 4.69) is 31.2 Å². The van der Waals surface area contributed by atoms with E-state index in [0.29, 0.717) is 19.8 Å². The SMILES string of the molecule is CCO[Si](OCC)(OCCc1ccccc1C)c1ccccc1. The van der Waals surface area contributed by atoms with Crippen LogP contribution in [0.3, 0.4) is 0 Å². The highest BCUT2D eigenvalue weighted by Crippen LogP contribution is 2.13. The zero-order chi connectivity index (χ0) is 16.5. The third-order valence-corrected chi connectivity index (χ3v) is 6.68. The molecule has 0 aliphatic rings. The van der Waals surface area contributed by atoms with Crippen molar-refractivity contribution >= 4 is 14.0 Å². The first-order chi connectivity index (χ1) is 11.2. The van der Waals surface area contributed by atoms with Gasteiger partial charge in [-0.2, -0.15) is 0 Å². The molecule has 0 radical (unpaired) electrons. The normalized spacial score (nSPS) is 11.6. The van der Waals surface area contributed by atoms with Gasteiger partial charge in [-0.15, -0.1) is 0 Å². The van der Waals surface area contributed by atoms with Gasteiger partial charge in [0.25, 0.3) is 0 Å². The molecule has 0 aliphatic heterocycles. The summed E-state index contributed by atoms with van der Waals surface area (Å²) in [5, 5.41) is 1.02. The lowest BCUT2D eigenvalue weighted by Gasteiger charge is -2.29. The number of rotatable bonds is 9. The van der Waals surface area contributed by atoms with Crippen LogP contribution >= 0.6 is 0 Å². The Morgan fingerprint density at radius 1 is 0.783 bits per heavy atom. The Morgan fingerprint density at radius 2 is 1.39 bits per heavy atom. The minimum Gasteiger partial charge on any atom is -0.370 e. The molecule has 3 nitrogen and oxygen atoms in total. The van der Waals surface area contributed by atoms with Gasteiger partial charge in [-0.3, -0.25) is 0 Å². The third-order valence-electron chi connectivity index (χ3n) is 3.72. The van der Waals surface area contributed by atoms with Crippen LogP contribution in [0, 0.1) is 6.92 Å². The Labute approximate surface area is 140 Å². The maximum absolute atomic E-state index is 6.25. The zero-order valence-electron chi connectivity index (χ0n) is 14.2. The number of hydrogen-bond acceptors (Lipinski definition) is 3. The van der Waals surface area contributed by atoms with Crippen LogP contribution in [0.5, 0.6) is 0 Å². The van der Waals surface area contributed by atoms with E-state index in [0.717, 1.165) is 11.6 Å². The molecule has 0 aliphatic carbocycles. The van der Waals surface area contributed by atoms with E-state index >= 15 is 0 Å². The topological polar surface area (TPSA) is 27.7 Å². The van der Waals surface area contributed by atoms with Crippen molar-refractivity contribution in [1.29, 1.82) is 0 Å². The molecule has 2 aromatic carbocycles. The van der Waals surface area contributed by atoms with E-state index in [4.69, 9.17) is 13.3 Å². The Morgan fingerprint density at radius 3 is 2.00 bits per heavy atom. The molecule has 2 rings (SSSR count). The van der Waals surface area contributed by atoms with Crippen molar-refractivity contribution in [3.63, 3.8) is 0 Å². The summed E-state index contributed by atoms with van der Waals surface area (Å²) in [6.07, 6.45) is 0.856. The molecule has 0 atom stereocenters. The van der Waals surface area contributed by atoms with Gasteiger partial charge in [-0.1, -0.05) is 54.6 Å². The van der Waals surface area contributed by atoms with Crippen LogP contribution in [-0.2, 0) is 19.7 Å². The molecule has 0 N–H and O–H groups in total. The van der Waals surface area contributed by atoms with Crippen LogP contribution in [0.2, 0.25) is 0 Å². The van der Waals surface area contributed by atoms with E-state index in [1.54, 1.807) is 0 Å². The zero-order valence-corrected chi connectivity index (χ0v) is 15.2. The highest BCUT2D eigenvalue weighted by molar-refractivity contribution is 6.75. The number of benzene rings is 2. The Hall–Kier alpha value is -1.46. The summed E-state index contributed by atoms with van der Waals surface area (Å²) >= 11 is 0. The lowest BCUT2D eigenvalue weighted by Crippen LogP contribution is -2.57.